The van der Waals surface area contributed by atoms with E-state index in [-0.39, 0.29) is 0 Å². The van der Waals surface area contributed by atoms with Crippen molar-refractivity contribution in [2.45, 2.75) is 12.3 Å². The number of aromatic nitrogens is 2. The van der Waals surface area contributed by atoms with E-state index in [0.29, 0.717) is 17.1 Å². The molecular formula is C50H36N4O. The van der Waals surface area contributed by atoms with Crippen LogP contribution in [0.4, 0.5) is 17.1 Å². The van der Waals surface area contributed by atoms with Crippen LogP contribution in [0.5, 0.6) is 0 Å². The Labute approximate surface area is 324 Å². The number of anilines is 3. The van der Waals surface area contributed by atoms with Gasteiger partial charge in [-0.3, -0.25) is 4.57 Å². The highest BCUT2D eigenvalue weighted by Gasteiger charge is 2.46. The van der Waals surface area contributed by atoms with Gasteiger partial charge in [-0.25, -0.2) is 10.0 Å². The quantitative estimate of drug-likeness (QED) is 0.178. The van der Waals surface area contributed by atoms with Gasteiger partial charge in [-0.2, -0.15) is 5.06 Å². The van der Waals surface area contributed by atoms with E-state index < -0.39 is 12.4 Å². The summed E-state index contributed by atoms with van der Waals surface area (Å²) in [5.74, 6) is 0.844. The summed E-state index contributed by atoms with van der Waals surface area (Å²) in [5, 5.41) is 4.93. The summed E-state index contributed by atoms with van der Waals surface area (Å²) < 4.78 is 27.0. The highest BCUT2D eigenvalue weighted by atomic mass is 16.8. The second kappa shape index (κ2) is 12.0. The van der Waals surface area contributed by atoms with Gasteiger partial charge < -0.3 is 0 Å². The average Bonchev–Trinajstić information content (AvgIpc) is 3.91. The van der Waals surface area contributed by atoms with Crippen LogP contribution in [0.2, 0.25) is 0 Å². The van der Waals surface area contributed by atoms with Crippen LogP contribution in [-0.2, 0) is 10.4 Å². The first-order chi connectivity index (χ1) is 28.3. The molecule has 0 saturated heterocycles. The molecule has 0 N–H and O–H groups in total. The fourth-order valence-corrected chi connectivity index (χ4v) is 9.11. The molecule has 0 atom stereocenters. The first-order valence-corrected chi connectivity index (χ1v) is 18.6. The Kier molecular flexibility index (Phi) is 6.25. The molecule has 2 aliphatic rings. The van der Waals surface area contributed by atoms with Gasteiger partial charge in [0.05, 0.1) is 33.5 Å². The molecule has 0 bridgehead atoms. The first kappa shape index (κ1) is 28.5. The molecule has 0 amide bonds. The summed E-state index contributed by atoms with van der Waals surface area (Å²) in [5.41, 5.74) is 13.5. The van der Waals surface area contributed by atoms with Crippen molar-refractivity contribution in [3.63, 3.8) is 0 Å². The van der Waals surface area contributed by atoms with Crippen LogP contribution in [-0.4, -0.2) is 16.5 Å². The van der Waals surface area contributed by atoms with Crippen LogP contribution in [0, 0.1) is 6.92 Å². The predicted octanol–water partition coefficient (Wildman–Crippen LogP) is 12.0. The summed E-state index contributed by atoms with van der Waals surface area (Å²) >= 11 is 0. The molecule has 0 unspecified atom stereocenters. The molecule has 5 heteroatoms. The summed E-state index contributed by atoms with van der Waals surface area (Å²) in [6.45, 7) is -0.360. The monoisotopic (exact) mass is 711 g/mol. The van der Waals surface area contributed by atoms with Crippen LogP contribution in [0.15, 0.2) is 182 Å². The maximum Gasteiger partial charge on any atom is 0.138 e. The van der Waals surface area contributed by atoms with Crippen molar-refractivity contribution in [2.24, 2.45) is 0 Å². The van der Waals surface area contributed by atoms with Crippen molar-refractivity contribution in [3.8, 4) is 28.1 Å². The summed E-state index contributed by atoms with van der Waals surface area (Å²) in [4.78, 5) is 11.2. The molecule has 55 heavy (non-hydrogen) atoms. The van der Waals surface area contributed by atoms with E-state index >= 15 is 0 Å². The lowest BCUT2D eigenvalue weighted by Gasteiger charge is -2.34. The molecule has 0 spiro atoms. The van der Waals surface area contributed by atoms with Gasteiger partial charge in [-0.05, 0) is 106 Å². The molecule has 11 rings (SSSR count). The van der Waals surface area contributed by atoms with Crippen LogP contribution in [0.1, 0.15) is 31.9 Å². The Morgan fingerprint density at radius 1 is 0.564 bits per heavy atom. The number of para-hydroxylation sites is 3. The standard InChI is InChI=1S/C50H36N4O/c1-33-14-3-4-17-38(33)34-28-29-51-49(30-34)53-45-23-10-7-20-41(45)42-27-26-36(32-48(42)53)50(43-21-8-5-18-39(43)40-19-6-9-22-44(40)50)35-15-13-16-37(31-35)54-47-25-12-11-24-46(47)52(2)55-54/h3-32H,1-2H3/i2D3. The van der Waals surface area contributed by atoms with Gasteiger partial charge in [0.25, 0.3) is 0 Å². The second-order valence-corrected chi connectivity index (χ2v) is 14.4. The Hall–Kier alpha value is -6.95. The third-order valence-corrected chi connectivity index (χ3v) is 11.5. The van der Waals surface area contributed by atoms with Gasteiger partial charge in [0.15, 0.2) is 0 Å². The zero-order valence-electron chi connectivity index (χ0n) is 33.0. The zero-order valence-corrected chi connectivity index (χ0v) is 30.0. The van der Waals surface area contributed by atoms with Gasteiger partial charge in [0.2, 0.25) is 0 Å². The van der Waals surface area contributed by atoms with Crippen molar-refractivity contribution in [2.75, 3.05) is 17.1 Å². The molecule has 0 saturated carbocycles. The molecule has 2 aromatic heterocycles. The molecule has 1 aliphatic carbocycles. The molecule has 1 aliphatic heterocycles. The number of benzene rings is 7. The second-order valence-electron chi connectivity index (χ2n) is 14.4. The first-order valence-electron chi connectivity index (χ1n) is 20.1. The Balaban J connectivity index is 1.17. The maximum atomic E-state index is 8.25. The largest absolute Gasteiger partial charge is 0.294 e. The van der Waals surface area contributed by atoms with E-state index in [9.17, 15) is 0 Å². The number of nitrogens with zero attached hydrogens (tertiary/aromatic N) is 4. The van der Waals surface area contributed by atoms with Crippen LogP contribution in [0.25, 0.3) is 49.9 Å². The number of pyridine rings is 1. The van der Waals surface area contributed by atoms with Crippen molar-refractivity contribution >= 4 is 38.9 Å². The molecule has 7 aromatic carbocycles. The van der Waals surface area contributed by atoms with Crippen molar-refractivity contribution in [1.82, 2.24) is 9.55 Å². The van der Waals surface area contributed by atoms with Gasteiger partial charge >= 0.3 is 0 Å². The zero-order chi connectivity index (χ0) is 39.2. The lowest BCUT2D eigenvalue weighted by molar-refractivity contribution is 0.142. The lowest BCUT2D eigenvalue weighted by Crippen LogP contribution is -2.29. The highest BCUT2D eigenvalue weighted by Crippen LogP contribution is 2.57. The lowest BCUT2D eigenvalue weighted by atomic mass is 9.67. The molecule has 9 aromatic rings. The molecule has 262 valence electrons. The topological polar surface area (TPSA) is 33.5 Å². The number of hydroxylamine groups is 1. The van der Waals surface area contributed by atoms with Crippen molar-refractivity contribution in [1.29, 1.82) is 0 Å². The molecule has 5 nitrogen and oxygen atoms in total. The van der Waals surface area contributed by atoms with Gasteiger partial charge in [-0.1, -0.05) is 127 Å². The molecular weight excluding hydrogens is 673 g/mol. The van der Waals surface area contributed by atoms with Crippen molar-refractivity contribution < 1.29 is 9.05 Å². The van der Waals surface area contributed by atoms with E-state index in [0.717, 1.165) is 49.4 Å². The summed E-state index contributed by atoms with van der Waals surface area (Å²) in [7, 11) is 0. The van der Waals surface area contributed by atoms with E-state index in [1.807, 2.05) is 36.5 Å². The minimum Gasteiger partial charge on any atom is -0.294 e. The number of hydrogen-bond acceptors (Lipinski definition) is 4. The van der Waals surface area contributed by atoms with Crippen molar-refractivity contribution in [3.05, 3.63) is 210 Å². The molecule has 0 fully saturated rings. The van der Waals surface area contributed by atoms with E-state index in [4.69, 9.17) is 14.0 Å². The Morgan fingerprint density at radius 3 is 2.04 bits per heavy atom. The van der Waals surface area contributed by atoms with Gasteiger partial charge in [0, 0.05) is 28.1 Å². The SMILES string of the molecule is [2H]C([2H])([2H])N1ON(c2cccc(C3(c4ccc5c6ccccc6n(-c6cc(-c7ccccc7C)ccn6)c5c4)c4ccccc4-c4ccccc43)c2)c2ccccc21. The average molecular weight is 712 g/mol. The van der Waals surface area contributed by atoms with Crippen LogP contribution < -0.4 is 10.1 Å². The number of aryl methyl sites for hydroxylation is 1. The molecule has 3 heterocycles. The number of fused-ring (bicyclic) bond motifs is 7. The summed E-state index contributed by atoms with van der Waals surface area (Å²) in [6, 6.07) is 61.3. The fourth-order valence-electron chi connectivity index (χ4n) is 9.11. The van der Waals surface area contributed by atoms with Crippen LogP contribution in [0.3, 0.4) is 0 Å². The van der Waals surface area contributed by atoms with E-state index in [1.165, 1.54) is 33.4 Å². The predicted molar refractivity (Wildman–Crippen MR) is 224 cm³/mol. The minimum absolute atomic E-state index is 0.484. The third-order valence-electron chi connectivity index (χ3n) is 11.5. The maximum absolute atomic E-state index is 8.25. The molecule has 0 radical (unpaired) electrons. The van der Waals surface area contributed by atoms with E-state index in [1.54, 1.807) is 11.1 Å². The number of rotatable bonds is 5. The number of hydrogen-bond donors (Lipinski definition) is 0. The highest BCUT2D eigenvalue weighted by molar-refractivity contribution is 6.09. The van der Waals surface area contributed by atoms with Gasteiger partial charge in [0.1, 0.15) is 5.82 Å². The normalized spacial score (nSPS) is 15.0. The van der Waals surface area contributed by atoms with E-state index in [2.05, 4.69) is 151 Å². The minimum atomic E-state index is -2.50. The summed E-state index contributed by atoms with van der Waals surface area (Å²) in [6.07, 6.45) is 1.91. The van der Waals surface area contributed by atoms with Crippen LogP contribution >= 0.6 is 0 Å². The Morgan fingerprint density at radius 2 is 1.24 bits per heavy atom. The smallest absolute Gasteiger partial charge is 0.138 e. The fraction of sp³-hybridized carbons (Fsp3) is 0.0600. The third kappa shape index (κ3) is 4.54. The van der Waals surface area contributed by atoms with Gasteiger partial charge in [-0.15, -0.1) is 4.94 Å². The Bertz CT molecular complexity index is 3050.